The number of aromatic nitrogens is 3. The van der Waals surface area contributed by atoms with Crippen molar-refractivity contribution in [1.82, 2.24) is 14.7 Å². The number of Topliss-reactive ketones (excluding diaryl/α,β-unsaturated/α-hetero) is 1. The van der Waals surface area contributed by atoms with Crippen LogP contribution in [0.2, 0.25) is 0 Å². The summed E-state index contributed by atoms with van der Waals surface area (Å²) >= 11 is 0. The van der Waals surface area contributed by atoms with Crippen LogP contribution in [0.25, 0.3) is 11.1 Å². The molecule has 0 radical (unpaired) electrons. The molecule has 0 fully saturated rings. The van der Waals surface area contributed by atoms with Crippen LogP contribution in [0.15, 0.2) is 51.9 Å². The average Bonchev–Trinajstić information content (AvgIpc) is 3.38. The Bertz CT molecular complexity index is 1600. The maximum atomic E-state index is 13.4. The molecule has 0 spiro atoms. The summed E-state index contributed by atoms with van der Waals surface area (Å²) < 4.78 is 36.5. The van der Waals surface area contributed by atoms with Crippen molar-refractivity contribution < 1.29 is 17.7 Å². The molecule has 0 amide bonds. The van der Waals surface area contributed by atoms with Gasteiger partial charge < -0.3 is 9.09 Å². The van der Waals surface area contributed by atoms with Crippen LogP contribution in [-0.2, 0) is 29.4 Å². The van der Waals surface area contributed by atoms with Crippen LogP contribution in [0.3, 0.4) is 0 Å². The van der Waals surface area contributed by atoms with E-state index in [-0.39, 0.29) is 16.5 Å². The highest BCUT2D eigenvalue weighted by Crippen LogP contribution is 2.32. The molecule has 0 aliphatic heterocycles. The zero-order valence-corrected chi connectivity index (χ0v) is 23.6. The number of rotatable bonds is 10. The van der Waals surface area contributed by atoms with Crippen LogP contribution in [-0.4, -0.2) is 28.9 Å². The molecule has 0 saturated carbocycles. The second-order valence-electron chi connectivity index (χ2n) is 9.53. The van der Waals surface area contributed by atoms with Crippen molar-refractivity contribution in [2.24, 2.45) is 0 Å². The highest BCUT2D eigenvalue weighted by atomic mass is 32.2. The van der Waals surface area contributed by atoms with Crippen molar-refractivity contribution in [3.05, 3.63) is 82.1 Å². The first-order chi connectivity index (χ1) is 18.1. The number of imidazole rings is 1. The van der Waals surface area contributed by atoms with Crippen molar-refractivity contribution in [1.29, 1.82) is 0 Å². The van der Waals surface area contributed by atoms with Crippen molar-refractivity contribution in [3.8, 4) is 11.1 Å². The topological polar surface area (TPSA) is 107 Å². The Morgan fingerprint density at radius 1 is 1.05 bits per heavy atom. The fourth-order valence-corrected chi connectivity index (χ4v) is 5.99. The summed E-state index contributed by atoms with van der Waals surface area (Å²) in [4.78, 5) is 17.4. The van der Waals surface area contributed by atoms with E-state index >= 15 is 0 Å². The first kappa shape index (κ1) is 27.3. The van der Waals surface area contributed by atoms with Crippen LogP contribution in [0.5, 0.6) is 0 Å². The zero-order chi connectivity index (χ0) is 27.6. The summed E-state index contributed by atoms with van der Waals surface area (Å²) in [5.41, 5.74) is 5.48. The summed E-state index contributed by atoms with van der Waals surface area (Å²) in [7, 11) is -3.93. The Morgan fingerprint density at radius 3 is 2.39 bits per heavy atom. The molecule has 0 saturated heterocycles. The van der Waals surface area contributed by atoms with Gasteiger partial charge in [0.15, 0.2) is 11.6 Å². The van der Waals surface area contributed by atoms with Gasteiger partial charge in [0.25, 0.3) is 10.0 Å². The van der Waals surface area contributed by atoms with Crippen LogP contribution >= 0.6 is 0 Å². The molecule has 0 bridgehead atoms. The van der Waals surface area contributed by atoms with Gasteiger partial charge in [-0.15, -0.1) is 0 Å². The average molecular weight is 535 g/mol. The third kappa shape index (κ3) is 5.29. The van der Waals surface area contributed by atoms with E-state index < -0.39 is 10.0 Å². The molecule has 4 aromatic rings. The molecule has 9 heteroatoms. The van der Waals surface area contributed by atoms with Crippen molar-refractivity contribution >= 4 is 21.6 Å². The molecule has 2 heterocycles. The normalized spacial score (nSPS) is 11.6. The quantitative estimate of drug-likeness (QED) is 0.249. The molecule has 2 aromatic heterocycles. The molecule has 8 nitrogen and oxygen atoms in total. The van der Waals surface area contributed by atoms with Gasteiger partial charge >= 0.3 is 0 Å². The Kier molecular flexibility index (Phi) is 7.87. The van der Waals surface area contributed by atoms with Gasteiger partial charge in [-0.05, 0) is 56.4 Å². The van der Waals surface area contributed by atoms with E-state index in [4.69, 9.17) is 9.51 Å². The lowest BCUT2D eigenvalue weighted by Crippen LogP contribution is -2.15. The lowest BCUT2D eigenvalue weighted by Gasteiger charge is -2.16. The minimum Gasteiger partial charge on any atom is -0.359 e. The Hall–Kier alpha value is -3.72. The van der Waals surface area contributed by atoms with Gasteiger partial charge in [0.1, 0.15) is 17.3 Å². The van der Waals surface area contributed by atoms with Crippen molar-refractivity contribution in [2.75, 3.05) is 4.72 Å². The SMILES string of the molecule is CCCc1nc(CC)c(C(C)=O)n1Cc1ccc(-c2ccccc2S(=O)(=O)Nc2noc(C)c2C)c(C)c1. The molecule has 0 aliphatic rings. The van der Waals surface area contributed by atoms with Gasteiger partial charge in [0.05, 0.1) is 10.6 Å². The largest absolute Gasteiger partial charge is 0.359 e. The summed E-state index contributed by atoms with van der Waals surface area (Å²) in [6.07, 6.45) is 2.42. The van der Waals surface area contributed by atoms with Crippen LogP contribution in [0, 0.1) is 20.8 Å². The Balaban J connectivity index is 1.71. The molecule has 200 valence electrons. The third-order valence-corrected chi connectivity index (χ3v) is 8.14. The minimum atomic E-state index is -3.93. The molecule has 38 heavy (non-hydrogen) atoms. The summed E-state index contributed by atoms with van der Waals surface area (Å²) in [6, 6.07) is 12.9. The summed E-state index contributed by atoms with van der Waals surface area (Å²) in [6.45, 7) is 11.7. The zero-order valence-electron chi connectivity index (χ0n) is 22.8. The number of nitrogens with zero attached hydrogens (tertiary/aromatic N) is 3. The van der Waals surface area contributed by atoms with Crippen LogP contribution in [0.1, 0.15) is 71.6 Å². The van der Waals surface area contributed by atoms with Gasteiger partial charge in [-0.1, -0.05) is 55.4 Å². The van der Waals surface area contributed by atoms with E-state index in [1.807, 2.05) is 42.7 Å². The Labute approximate surface area is 224 Å². The first-order valence-corrected chi connectivity index (χ1v) is 14.3. The number of hydrogen-bond acceptors (Lipinski definition) is 6. The van der Waals surface area contributed by atoms with Gasteiger partial charge in [0, 0.05) is 31.0 Å². The standard InChI is InChI=1S/C29H34N4O4S/c1-7-11-27-30-25(8-2)28(20(5)34)33(27)17-22-14-15-23(18(3)16-22)24-12-9-10-13-26(24)38(35,36)32-29-19(4)21(6)37-31-29/h9-10,12-16H,7-8,11,17H2,1-6H3,(H,31,32). The predicted molar refractivity (Wildman–Crippen MR) is 148 cm³/mol. The maximum Gasteiger partial charge on any atom is 0.263 e. The van der Waals surface area contributed by atoms with Crippen molar-refractivity contribution in [2.45, 2.75) is 72.2 Å². The van der Waals surface area contributed by atoms with E-state index in [0.29, 0.717) is 35.5 Å². The molecule has 0 aliphatic carbocycles. The summed E-state index contributed by atoms with van der Waals surface area (Å²) in [5.74, 6) is 1.66. The molecule has 1 N–H and O–H groups in total. The number of carbonyl (C=O) groups excluding carboxylic acids is 1. The minimum absolute atomic E-state index is 0.00854. The molecule has 0 unspecified atom stereocenters. The molecule has 0 atom stereocenters. The predicted octanol–water partition coefficient (Wildman–Crippen LogP) is 6.03. The van der Waals surface area contributed by atoms with E-state index in [2.05, 4.69) is 16.8 Å². The lowest BCUT2D eigenvalue weighted by atomic mass is 9.98. The fraction of sp³-hybridized carbons (Fsp3) is 0.345. The van der Waals surface area contributed by atoms with Gasteiger partial charge in [0.2, 0.25) is 0 Å². The lowest BCUT2D eigenvalue weighted by molar-refractivity contribution is 0.100. The highest BCUT2D eigenvalue weighted by molar-refractivity contribution is 7.92. The van der Waals surface area contributed by atoms with Crippen LogP contribution < -0.4 is 4.72 Å². The van der Waals surface area contributed by atoms with Gasteiger partial charge in [-0.2, -0.15) is 0 Å². The number of aryl methyl sites for hydroxylation is 4. The molecular weight excluding hydrogens is 500 g/mol. The summed E-state index contributed by atoms with van der Waals surface area (Å²) in [5, 5.41) is 3.85. The third-order valence-electron chi connectivity index (χ3n) is 6.75. The number of nitrogens with one attached hydrogen (secondary N) is 1. The van der Waals surface area contributed by atoms with Crippen molar-refractivity contribution in [3.63, 3.8) is 0 Å². The fourth-order valence-electron chi connectivity index (χ4n) is 4.71. The molecule has 4 rings (SSSR count). The monoisotopic (exact) mass is 534 g/mol. The van der Waals surface area contributed by atoms with Gasteiger partial charge in [-0.3, -0.25) is 9.52 Å². The second kappa shape index (κ2) is 10.9. The Morgan fingerprint density at radius 2 is 1.79 bits per heavy atom. The second-order valence-corrected chi connectivity index (χ2v) is 11.2. The smallest absolute Gasteiger partial charge is 0.263 e. The van der Waals surface area contributed by atoms with E-state index in [1.165, 1.54) is 0 Å². The number of ketones is 1. The highest BCUT2D eigenvalue weighted by Gasteiger charge is 2.24. The molecular formula is C29H34N4O4S. The number of anilines is 1. The number of benzene rings is 2. The van der Waals surface area contributed by atoms with E-state index in [1.54, 1.807) is 39.0 Å². The number of sulfonamides is 1. The number of carbonyl (C=O) groups is 1. The number of hydrogen-bond donors (Lipinski definition) is 1. The van der Waals surface area contributed by atoms with E-state index in [9.17, 15) is 13.2 Å². The first-order valence-electron chi connectivity index (χ1n) is 12.8. The van der Waals surface area contributed by atoms with Crippen LogP contribution in [0.4, 0.5) is 5.82 Å². The van der Waals surface area contributed by atoms with Gasteiger partial charge in [-0.25, -0.2) is 13.4 Å². The van der Waals surface area contributed by atoms with E-state index in [0.717, 1.165) is 41.1 Å². The molecule has 2 aromatic carbocycles. The maximum absolute atomic E-state index is 13.4.